The van der Waals surface area contributed by atoms with Gasteiger partial charge in [0.25, 0.3) is 5.56 Å². The number of H-pyrrole nitrogens is 1. The van der Waals surface area contributed by atoms with E-state index in [0.29, 0.717) is 0 Å². The summed E-state index contributed by atoms with van der Waals surface area (Å²) in [6, 6.07) is 0. The van der Waals surface area contributed by atoms with Crippen LogP contribution in [0.3, 0.4) is 0 Å². The second-order valence-corrected chi connectivity index (χ2v) is 4.43. The van der Waals surface area contributed by atoms with E-state index in [9.17, 15) is 15.0 Å². The van der Waals surface area contributed by atoms with Crippen LogP contribution < -0.4 is 11.3 Å². The second-order valence-electron chi connectivity index (χ2n) is 4.43. The number of ether oxygens (including phenoxy) is 1. The van der Waals surface area contributed by atoms with Crippen molar-refractivity contribution in [3.63, 3.8) is 0 Å². The summed E-state index contributed by atoms with van der Waals surface area (Å²) in [6.45, 7) is -0.509. The monoisotopic (exact) mass is 284 g/mol. The van der Waals surface area contributed by atoms with Crippen molar-refractivity contribution in [3.05, 3.63) is 16.7 Å². The number of imidazole rings is 1. The van der Waals surface area contributed by atoms with Crippen LogP contribution in [0.1, 0.15) is 7.60 Å². The second kappa shape index (κ2) is 4.52. The van der Waals surface area contributed by atoms with Gasteiger partial charge in [-0.2, -0.15) is 4.98 Å². The minimum absolute atomic E-state index is 0.0453. The van der Waals surface area contributed by atoms with Gasteiger partial charge < -0.3 is 25.8 Å². The van der Waals surface area contributed by atoms with Crippen molar-refractivity contribution in [2.45, 2.75) is 24.5 Å². The fourth-order valence-electron chi connectivity index (χ4n) is 2.16. The van der Waals surface area contributed by atoms with E-state index in [1.807, 2.05) is 0 Å². The number of aliphatic hydroxyl groups is 3. The van der Waals surface area contributed by atoms with E-state index >= 15 is 0 Å². The number of aromatic amines is 1. The molecule has 4 atom stereocenters. The van der Waals surface area contributed by atoms with E-state index in [1.165, 1.54) is 0 Å². The molecule has 6 N–H and O–H groups in total. The van der Waals surface area contributed by atoms with Gasteiger partial charge in [-0.05, 0) is 0 Å². The molecule has 1 aliphatic rings. The summed E-state index contributed by atoms with van der Waals surface area (Å²) in [6.07, 6.45) is -5.35. The molecule has 0 radical (unpaired) electrons. The van der Waals surface area contributed by atoms with Gasteiger partial charge in [-0.25, -0.2) is 4.98 Å². The minimum atomic E-state index is -1.41. The number of hydrogen-bond donors (Lipinski definition) is 5. The zero-order valence-electron chi connectivity index (χ0n) is 11.1. The topological polar surface area (TPSA) is 160 Å². The quantitative estimate of drug-likeness (QED) is 0.398. The lowest BCUT2D eigenvalue weighted by Gasteiger charge is -2.16. The lowest BCUT2D eigenvalue weighted by molar-refractivity contribution is -0.0511. The molecule has 1 aliphatic heterocycles. The first-order valence-electron chi connectivity index (χ1n) is 6.30. The predicted octanol–water partition coefficient (Wildman–Crippen LogP) is -2.69. The SMILES string of the molecule is [2H]c1nc2c(=O)[nH]c(N)nc2n1[C@@H]1O[C@H](CO)C(O)C1O. The number of nitrogens with two attached hydrogens (primary N) is 1. The zero-order chi connectivity index (χ0) is 15.3. The Morgan fingerprint density at radius 3 is 2.95 bits per heavy atom. The number of nitrogens with one attached hydrogen (secondary N) is 1. The summed E-state index contributed by atoms with van der Waals surface area (Å²) < 4.78 is 14.1. The van der Waals surface area contributed by atoms with Crippen molar-refractivity contribution in [2.75, 3.05) is 12.3 Å². The van der Waals surface area contributed by atoms with E-state index in [0.717, 1.165) is 4.57 Å². The normalized spacial score (nSPS) is 30.9. The molecule has 3 heterocycles. The predicted molar refractivity (Wildman–Crippen MR) is 65.6 cm³/mol. The van der Waals surface area contributed by atoms with Gasteiger partial charge in [0.15, 0.2) is 17.4 Å². The first-order valence-corrected chi connectivity index (χ1v) is 5.80. The van der Waals surface area contributed by atoms with E-state index in [-0.39, 0.29) is 23.4 Å². The van der Waals surface area contributed by atoms with Crippen molar-refractivity contribution in [1.82, 2.24) is 19.5 Å². The molecule has 3 rings (SSSR count). The van der Waals surface area contributed by atoms with Gasteiger partial charge in [-0.1, -0.05) is 0 Å². The Morgan fingerprint density at radius 2 is 2.30 bits per heavy atom. The average Bonchev–Trinajstić information content (AvgIpc) is 2.89. The maximum atomic E-state index is 11.7. The molecule has 0 spiro atoms. The Hall–Kier alpha value is -2.01. The number of aliphatic hydroxyl groups excluding tert-OH is 3. The first-order chi connectivity index (χ1) is 9.93. The highest BCUT2D eigenvalue weighted by molar-refractivity contribution is 5.70. The standard InChI is InChI=1S/C10H13N5O5/c11-10-13-7-4(8(19)14-10)12-2-15(7)9-6(18)5(17)3(1-16)20-9/h2-3,5-6,9,16-18H,1H2,(H3,11,13,14,19)/t3-,5?,6?,9-/m1/s1/i2D. The van der Waals surface area contributed by atoms with Crippen LogP contribution in [0, 0.1) is 0 Å². The number of nitrogen functional groups attached to an aromatic ring is 1. The number of rotatable bonds is 2. The lowest BCUT2D eigenvalue weighted by atomic mass is 10.1. The third-order valence-electron chi connectivity index (χ3n) is 3.16. The van der Waals surface area contributed by atoms with E-state index < -0.39 is 36.7 Å². The van der Waals surface area contributed by atoms with Gasteiger partial charge in [0, 0.05) is 0 Å². The summed E-state index contributed by atoms with van der Waals surface area (Å²) in [5, 5.41) is 28.8. The number of aromatic nitrogens is 4. The highest BCUT2D eigenvalue weighted by Crippen LogP contribution is 2.30. The number of fused-ring (bicyclic) bond motifs is 1. The van der Waals surface area contributed by atoms with Crippen LogP contribution in [0.4, 0.5) is 5.95 Å². The van der Waals surface area contributed by atoms with E-state index in [2.05, 4.69) is 15.0 Å². The molecule has 2 unspecified atom stereocenters. The fraction of sp³-hybridized carbons (Fsp3) is 0.500. The molecule has 1 saturated heterocycles. The van der Waals surface area contributed by atoms with Gasteiger partial charge >= 0.3 is 0 Å². The Labute approximate surface area is 112 Å². The molecule has 0 bridgehead atoms. The molecule has 2 aromatic rings. The highest BCUT2D eigenvalue weighted by atomic mass is 16.6. The molecule has 10 heteroatoms. The average molecular weight is 284 g/mol. The summed E-state index contributed by atoms with van der Waals surface area (Å²) in [7, 11) is 0. The van der Waals surface area contributed by atoms with E-state index in [4.69, 9.17) is 16.9 Å². The summed E-state index contributed by atoms with van der Waals surface area (Å²) >= 11 is 0. The maximum absolute atomic E-state index is 11.7. The van der Waals surface area contributed by atoms with E-state index in [1.54, 1.807) is 0 Å². The molecule has 0 saturated carbocycles. The summed E-state index contributed by atoms with van der Waals surface area (Å²) in [5.74, 6) is -0.180. The molecule has 0 aliphatic carbocycles. The Kier molecular flexibility index (Phi) is 2.67. The highest BCUT2D eigenvalue weighted by Gasteiger charge is 2.44. The fourth-order valence-corrected chi connectivity index (χ4v) is 2.16. The van der Waals surface area contributed by atoms with Gasteiger partial charge in [-0.15, -0.1) is 0 Å². The molecule has 0 amide bonds. The van der Waals surface area contributed by atoms with Crippen LogP contribution in [0.25, 0.3) is 11.2 Å². The van der Waals surface area contributed by atoms with Gasteiger partial charge in [-0.3, -0.25) is 14.3 Å². The zero-order valence-corrected chi connectivity index (χ0v) is 10.1. The Morgan fingerprint density at radius 1 is 1.55 bits per heavy atom. The van der Waals surface area contributed by atoms with Crippen LogP contribution in [0.15, 0.2) is 11.1 Å². The first kappa shape index (κ1) is 11.8. The molecule has 108 valence electrons. The lowest BCUT2D eigenvalue weighted by Crippen LogP contribution is -2.33. The molecular formula is C10H13N5O5. The van der Waals surface area contributed by atoms with Crippen LogP contribution >= 0.6 is 0 Å². The van der Waals surface area contributed by atoms with Crippen LogP contribution in [-0.2, 0) is 4.74 Å². The third-order valence-corrected chi connectivity index (χ3v) is 3.16. The van der Waals surface area contributed by atoms with Gasteiger partial charge in [0.05, 0.1) is 12.9 Å². The molecular weight excluding hydrogens is 270 g/mol. The molecule has 2 aromatic heterocycles. The van der Waals surface area contributed by atoms with Gasteiger partial charge in [0.1, 0.15) is 19.7 Å². The summed E-state index contributed by atoms with van der Waals surface area (Å²) in [5.41, 5.74) is 4.65. The van der Waals surface area contributed by atoms with Crippen LogP contribution in [0.2, 0.25) is 0 Å². The van der Waals surface area contributed by atoms with Gasteiger partial charge in [0.2, 0.25) is 5.95 Å². The van der Waals surface area contributed by atoms with Crippen molar-refractivity contribution < 1.29 is 21.4 Å². The molecule has 1 fully saturated rings. The van der Waals surface area contributed by atoms with Crippen molar-refractivity contribution in [2.24, 2.45) is 0 Å². The Balaban J connectivity index is 2.17. The molecule has 20 heavy (non-hydrogen) atoms. The van der Waals surface area contributed by atoms with Crippen molar-refractivity contribution in [3.8, 4) is 0 Å². The number of hydrogen-bond acceptors (Lipinski definition) is 8. The third kappa shape index (κ3) is 1.78. The number of anilines is 1. The Bertz CT molecular complexity index is 745. The van der Waals surface area contributed by atoms with Crippen molar-refractivity contribution >= 4 is 17.1 Å². The minimum Gasteiger partial charge on any atom is -0.394 e. The molecule has 0 aromatic carbocycles. The largest absolute Gasteiger partial charge is 0.394 e. The van der Waals surface area contributed by atoms with Crippen LogP contribution in [0.5, 0.6) is 0 Å². The smallest absolute Gasteiger partial charge is 0.280 e. The maximum Gasteiger partial charge on any atom is 0.280 e. The number of nitrogens with zero attached hydrogens (tertiary/aromatic N) is 3. The summed E-state index contributed by atoms with van der Waals surface area (Å²) in [4.78, 5) is 21.6. The van der Waals surface area contributed by atoms with Crippen LogP contribution in [-0.4, -0.2) is 59.8 Å². The van der Waals surface area contributed by atoms with Crippen molar-refractivity contribution in [1.29, 1.82) is 0 Å². The molecule has 10 nitrogen and oxygen atoms in total.